The molecule has 0 spiro atoms. The van der Waals surface area contributed by atoms with Gasteiger partial charge in [-0.25, -0.2) is 0 Å². The van der Waals surface area contributed by atoms with Crippen LogP contribution in [0.3, 0.4) is 0 Å². The number of para-hydroxylation sites is 1. The smallest absolute Gasteiger partial charge is 0.287 e. The molecule has 1 aromatic heterocycles. The van der Waals surface area contributed by atoms with E-state index in [-0.39, 0.29) is 5.91 Å². The van der Waals surface area contributed by atoms with E-state index in [1.54, 1.807) is 13.1 Å². The molecule has 2 rings (SSSR count). The zero-order chi connectivity index (χ0) is 19.5. The van der Waals surface area contributed by atoms with Gasteiger partial charge in [0, 0.05) is 32.7 Å². The molecule has 146 valence electrons. The van der Waals surface area contributed by atoms with Crippen molar-refractivity contribution in [1.29, 1.82) is 0 Å². The fourth-order valence-electron chi connectivity index (χ4n) is 2.48. The molecule has 0 saturated carbocycles. The number of furan rings is 1. The second-order valence-corrected chi connectivity index (χ2v) is 6.10. The van der Waals surface area contributed by atoms with Crippen LogP contribution in [0.2, 0.25) is 0 Å². The van der Waals surface area contributed by atoms with E-state index >= 15 is 0 Å². The summed E-state index contributed by atoms with van der Waals surface area (Å²) in [5, 5.41) is 6.14. The number of aliphatic imine (C=N–C) groups is 1. The minimum absolute atomic E-state index is 0.183. The van der Waals surface area contributed by atoms with Crippen LogP contribution in [-0.4, -0.2) is 57.1 Å². The maximum absolute atomic E-state index is 12.0. The van der Waals surface area contributed by atoms with Crippen molar-refractivity contribution >= 4 is 11.9 Å². The molecule has 2 aromatic rings. The maximum Gasteiger partial charge on any atom is 0.287 e. The van der Waals surface area contributed by atoms with E-state index in [0.717, 1.165) is 23.7 Å². The molecule has 0 aliphatic heterocycles. The van der Waals surface area contributed by atoms with Gasteiger partial charge in [-0.05, 0) is 31.5 Å². The van der Waals surface area contributed by atoms with Crippen molar-refractivity contribution in [3.05, 3.63) is 54.0 Å². The number of aryl methyl sites for hydroxylation is 1. The Labute approximate surface area is 160 Å². The summed E-state index contributed by atoms with van der Waals surface area (Å²) in [6.07, 6.45) is 2.30. The molecule has 7 heteroatoms. The summed E-state index contributed by atoms with van der Waals surface area (Å²) >= 11 is 0. The summed E-state index contributed by atoms with van der Waals surface area (Å²) < 4.78 is 10.9. The number of nitrogens with one attached hydrogen (secondary N) is 2. The highest BCUT2D eigenvalue weighted by Crippen LogP contribution is 2.08. The third-order valence-corrected chi connectivity index (χ3v) is 4.00. The monoisotopic (exact) mass is 372 g/mol. The third kappa shape index (κ3) is 6.69. The molecular formula is C20H28N4O3. The van der Waals surface area contributed by atoms with Crippen molar-refractivity contribution in [2.75, 3.05) is 40.3 Å². The van der Waals surface area contributed by atoms with Crippen LogP contribution in [0.15, 0.2) is 52.1 Å². The quantitative estimate of drug-likeness (QED) is 0.401. The Kier molecular flexibility index (Phi) is 8.22. The Morgan fingerprint density at radius 2 is 1.93 bits per heavy atom. The molecule has 27 heavy (non-hydrogen) atoms. The number of amides is 1. The number of ether oxygens (including phenoxy) is 1. The normalized spacial score (nSPS) is 11.1. The van der Waals surface area contributed by atoms with Crippen LogP contribution in [0.5, 0.6) is 5.75 Å². The average molecular weight is 372 g/mol. The predicted molar refractivity (Wildman–Crippen MR) is 106 cm³/mol. The molecular weight excluding hydrogens is 344 g/mol. The Balaban J connectivity index is 1.61. The van der Waals surface area contributed by atoms with Gasteiger partial charge < -0.3 is 24.7 Å². The van der Waals surface area contributed by atoms with Gasteiger partial charge in [0.2, 0.25) is 0 Å². The number of likely N-dealkylation sites (N-methyl/N-ethyl adjacent to an activating group) is 1. The van der Waals surface area contributed by atoms with Gasteiger partial charge in [0.1, 0.15) is 12.4 Å². The molecule has 0 aliphatic carbocycles. The first-order chi connectivity index (χ1) is 13.1. The van der Waals surface area contributed by atoms with Gasteiger partial charge in [-0.1, -0.05) is 18.2 Å². The molecule has 0 unspecified atom stereocenters. The molecule has 0 aliphatic rings. The summed E-state index contributed by atoms with van der Waals surface area (Å²) in [7, 11) is 3.71. The number of guanidine groups is 1. The van der Waals surface area contributed by atoms with Gasteiger partial charge in [-0.2, -0.15) is 0 Å². The summed E-state index contributed by atoms with van der Waals surface area (Å²) in [5.74, 6) is 1.84. The molecule has 2 N–H and O–H groups in total. The van der Waals surface area contributed by atoms with E-state index < -0.39 is 0 Å². The highest BCUT2D eigenvalue weighted by molar-refractivity contribution is 5.92. The average Bonchev–Trinajstić information content (AvgIpc) is 3.11. The predicted octanol–water partition coefficient (Wildman–Crippen LogP) is 2.29. The van der Waals surface area contributed by atoms with Crippen LogP contribution in [0, 0.1) is 6.92 Å². The first kappa shape index (κ1) is 20.4. The number of carbonyl (C=O) groups excluding carboxylic acids is 1. The van der Waals surface area contributed by atoms with Gasteiger partial charge >= 0.3 is 0 Å². The van der Waals surface area contributed by atoms with Crippen molar-refractivity contribution in [2.45, 2.75) is 13.3 Å². The molecule has 1 aromatic carbocycles. The van der Waals surface area contributed by atoms with Crippen molar-refractivity contribution in [2.24, 2.45) is 4.99 Å². The first-order valence-electron chi connectivity index (χ1n) is 9.03. The second-order valence-electron chi connectivity index (χ2n) is 6.10. The minimum Gasteiger partial charge on any atom is -0.492 e. The Hall–Kier alpha value is -2.96. The zero-order valence-electron chi connectivity index (χ0n) is 16.2. The topological polar surface area (TPSA) is 79.1 Å². The number of rotatable bonds is 9. The summed E-state index contributed by atoms with van der Waals surface area (Å²) in [4.78, 5) is 18.2. The highest BCUT2D eigenvalue weighted by Gasteiger charge is 2.11. The molecule has 0 bridgehead atoms. The maximum atomic E-state index is 12.0. The van der Waals surface area contributed by atoms with Gasteiger partial charge in [0.15, 0.2) is 11.7 Å². The lowest BCUT2D eigenvalue weighted by Gasteiger charge is -2.22. The lowest BCUT2D eigenvalue weighted by atomic mass is 10.2. The standard InChI is InChI=1S/C20H28N4O3/c1-16-10-14-27-18(16)19(25)22-11-7-12-23-20(21-2)24(3)13-15-26-17-8-5-4-6-9-17/h4-6,8-10,14H,7,11-13,15H2,1-3H3,(H,21,23)(H,22,25). The third-order valence-electron chi connectivity index (χ3n) is 4.00. The molecule has 0 saturated heterocycles. The molecule has 7 nitrogen and oxygen atoms in total. The van der Waals surface area contributed by atoms with Crippen LogP contribution in [0.1, 0.15) is 22.5 Å². The SMILES string of the molecule is CN=C(NCCCNC(=O)c1occc1C)N(C)CCOc1ccccc1. The van der Waals surface area contributed by atoms with E-state index in [9.17, 15) is 4.79 Å². The van der Waals surface area contributed by atoms with E-state index in [4.69, 9.17) is 9.15 Å². The van der Waals surface area contributed by atoms with Crippen LogP contribution < -0.4 is 15.4 Å². The molecule has 0 atom stereocenters. The van der Waals surface area contributed by atoms with Crippen LogP contribution in [0.4, 0.5) is 0 Å². The largest absolute Gasteiger partial charge is 0.492 e. The van der Waals surface area contributed by atoms with E-state index in [1.165, 1.54) is 6.26 Å². The van der Waals surface area contributed by atoms with E-state index in [1.807, 2.05) is 49.2 Å². The van der Waals surface area contributed by atoms with Crippen molar-refractivity contribution in [1.82, 2.24) is 15.5 Å². The van der Waals surface area contributed by atoms with Gasteiger partial charge in [0.25, 0.3) is 5.91 Å². The lowest BCUT2D eigenvalue weighted by Crippen LogP contribution is -2.41. The van der Waals surface area contributed by atoms with Crippen molar-refractivity contribution in [3.8, 4) is 5.75 Å². The van der Waals surface area contributed by atoms with Crippen molar-refractivity contribution < 1.29 is 13.9 Å². The number of nitrogens with zero attached hydrogens (tertiary/aromatic N) is 2. The first-order valence-corrected chi connectivity index (χ1v) is 9.03. The van der Waals surface area contributed by atoms with E-state index in [2.05, 4.69) is 15.6 Å². The van der Waals surface area contributed by atoms with E-state index in [0.29, 0.717) is 32.0 Å². The van der Waals surface area contributed by atoms with Crippen molar-refractivity contribution in [3.63, 3.8) is 0 Å². The molecule has 1 heterocycles. The Bertz CT molecular complexity index is 728. The molecule has 0 radical (unpaired) electrons. The van der Waals surface area contributed by atoms with Gasteiger partial charge in [0.05, 0.1) is 12.8 Å². The van der Waals surface area contributed by atoms with Crippen LogP contribution >= 0.6 is 0 Å². The Morgan fingerprint density at radius 1 is 1.19 bits per heavy atom. The lowest BCUT2D eigenvalue weighted by molar-refractivity contribution is 0.0925. The van der Waals surface area contributed by atoms with Gasteiger partial charge in [-0.15, -0.1) is 0 Å². The molecule has 1 amide bonds. The minimum atomic E-state index is -0.183. The highest BCUT2D eigenvalue weighted by atomic mass is 16.5. The number of hydrogen-bond acceptors (Lipinski definition) is 4. The number of benzene rings is 1. The van der Waals surface area contributed by atoms with Crippen LogP contribution in [0.25, 0.3) is 0 Å². The fourth-order valence-corrected chi connectivity index (χ4v) is 2.48. The Morgan fingerprint density at radius 3 is 2.59 bits per heavy atom. The fraction of sp³-hybridized carbons (Fsp3) is 0.400. The summed E-state index contributed by atoms with van der Waals surface area (Å²) in [5.41, 5.74) is 0.838. The van der Waals surface area contributed by atoms with Crippen LogP contribution in [-0.2, 0) is 0 Å². The second kappa shape index (κ2) is 10.9. The van der Waals surface area contributed by atoms with Gasteiger partial charge in [-0.3, -0.25) is 9.79 Å². The summed E-state index contributed by atoms with van der Waals surface area (Å²) in [6, 6.07) is 11.5. The summed E-state index contributed by atoms with van der Waals surface area (Å²) in [6.45, 7) is 4.39. The number of carbonyl (C=O) groups is 1. The zero-order valence-corrected chi connectivity index (χ0v) is 16.2. The molecule has 0 fully saturated rings. The number of hydrogen-bond donors (Lipinski definition) is 2.